The fourth-order valence-electron chi connectivity index (χ4n) is 12.0. The molecule has 0 atom stereocenters. The molecule has 0 spiro atoms. The van der Waals surface area contributed by atoms with Crippen LogP contribution in [0.15, 0.2) is 264 Å². The first-order chi connectivity index (χ1) is 34.7. The maximum atomic E-state index is 2.64. The lowest BCUT2D eigenvalue weighted by Gasteiger charge is -2.50. The van der Waals surface area contributed by atoms with Crippen LogP contribution in [0.25, 0.3) is 27.5 Å². The largest absolute Gasteiger partial charge is 0.310 e. The standard InChI is InChI=1S/C60H51B7N2S2/c61-51-49-50-52(62)60(69-45-33-16-18-35-47(45)71(42-28-12-4-13-29-42,43-30-14-5-15-31-43)48-36-19-17-34-46(48)69)57(67)56(66)59(50)68(58(49)55(65)54(64)53(51)63)38-21-20-32-44(37-38)70(39-22-6-1-7-23-39,40-24-8-2-9-25-40)41-26-10-3-11-27-41/h1-37H,61-67H2. The molecule has 1 aliphatic rings. The summed E-state index contributed by atoms with van der Waals surface area (Å²) < 4.78 is 2.64. The number of fused-ring (bicyclic) bond motifs is 5. The minimum atomic E-state index is -1.94. The van der Waals surface area contributed by atoms with E-state index in [1.165, 1.54) is 122 Å². The smallest absolute Gasteiger partial charge is 0.142 e. The second kappa shape index (κ2) is 17.7. The Labute approximate surface area is 428 Å². The van der Waals surface area contributed by atoms with Gasteiger partial charge in [-0.2, -0.15) is 0 Å². The van der Waals surface area contributed by atoms with Crippen molar-refractivity contribution in [3.63, 3.8) is 0 Å². The summed E-state index contributed by atoms with van der Waals surface area (Å²) in [6, 6.07) is 84.2. The van der Waals surface area contributed by atoms with Gasteiger partial charge in [-0.05, 0) is 109 Å². The predicted octanol–water partition coefficient (Wildman–Crippen LogP) is 5.06. The summed E-state index contributed by atoms with van der Waals surface area (Å²) in [5, 5.41) is 2.66. The molecular weight excluding hydrogens is 888 g/mol. The van der Waals surface area contributed by atoms with Crippen LogP contribution in [0.2, 0.25) is 0 Å². The highest BCUT2D eigenvalue weighted by molar-refractivity contribution is 8.34. The molecule has 0 saturated heterocycles. The van der Waals surface area contributed by atoms with Crippen LogP contribution in [0, 0.1) is 0 Å². The van der Waals surface area contributed by atoms with Crippen LogP contribution in [-0.2, 0) is 0 Å². The summed E-state index contributed by atoms with van der Waals surface area (Å²) in [4.78, 5) is 13.3. The first-order valence-electron chi connectivity index (χ1n) is 24.8. The number of para-hydroxylation sites is 2. The molecule has 0 N–H and O–H groups in total. The second-order valence-electron chi connectivity index (χ2n) is 19.1. The molecule has 0 bridgehead atoms. The van der Waals surface area contributed by atoms with Gasteiger partial charge in [0.05, 0.1) is 11.4 Å². The fraction of sp³-hybridized carbons (Fsp3) is 0. The highest BCUT2D eigenvalue weighted by atomic mass is 32.3. The van der Waals surface area contributed by atoms with Crippen LogP contribution in [0.1, 0.15) is 0 Å². The molecule has 1 aliphatic heterocycles. The summed E-state index contributed by atoms with van der Waals surface area (Å²) in [6.45, 7) is 0. The summed E-state index contributed by atoms with van der Waals surface area (Å²) in [5.74, 6) is 0. The van der Waals surface area contributed by atoms with Crippen molar-refractivity contribution in [2.24, 2.45) is 0 Å². The van der Waals surface area contributed by atoms with Crippen LogP contribution in [0.4, 0.5) is 17.1 Å². The summed E-state index contributed by atoms with van der Waals surface area (Å²) in [5.41, 5.74) is 16.7. The van der Waals surface area contributed by atoms with Crippen molar-refractivity contribution in [1.82, 2.24) is 4.57 Å². The molecule has 0 unspecified atom stereocenters. The van der Waals surface area contributed by atoms with Gasteiger partial charge in [0.2, 0.25) is 0 Å². The zero-order valence-corrected chi connectivity index (χ0v) is 43.2. The SMILES string of the molecule is Bc1c(B)c(B)c2c(c1B)c1c(B)c(N3c4ccccc4S(c4ccccc4)(c4ccccc4)c4ccccc43)c(B)c(B)c1n2-c1cccc(S(c2ccccc2)(c2ccccc2)c2ccccc2)c1. The Bertz CT molecular complexity index is 3670. The van der Waals surface area contributed by atoms with Crippen molar-refractivity contribution in [3.8, 4) is 5.69 Å². The molecule has 11 heteroatoms. The van der Waals surface area contributed by atoms with Gasteiger partial charge in [0, 0.05) is 67.0 Å². The van der Waals surface area contributed by atoms with E-state index in [0.717, 1.165) is 0 Å². The quantitative estimate of drug-likeness (QED) is 0.194. The average Bonchev–Trinajstić information content (AvgIpc) is 3.80. The summed E-state index contributed by atoms with van der Waals surface area (Å²) in [7, 11) is 12.7. The average molecular weight is 940 g/mol. The van der Waals surface area contributed by atoms with Crippen molar-refractivity contribution < 1.29 is 0 Å². The highest BCUT2D eigenvalue weighted by Crippen LogP contribution is 2.79. The Hall–Kier alpha value is -7.05. The van der Waals surface area contributed by atoms with Crippen LogP contribution in [0.3, 0.4) is 0 Å². The molecular formula is C60H51B7N2S2. The zero-order chi connectivity index (χ0) is 48.6. The lowest BCUT2D eigenvalue weighted by molar-refractivity contribution is 1.13. The van der Waals surface area contributed by atoms with Gasteiger partial charge in [-0.1, -0.05) is 154 Å². The van der Waals surface area contributed by atoms with Crippen molar-refractivity contribution >= 4 is 152 Å². The first-order valence-corrected chi connectivity index (χ1v) is 28.0. The number of aromatic nitrogens is 1. The van der Waals surface area contributed by atoms with Crippen LogP contribution >= 0.6 is 20.1 Å². The van der Waals surface area contributed by atoms with Gasteiger partial charge < -0.3 is 9.47 Å². The van der Waals surface area contributed by atoms with Crippen LogP contribution < -0.4 is 43.1 Å². The monoisotopic (exact) mass is 940 g/mol. The predicted molar refractivity (Wildman–Crippen MR) is 326 cm³/mol. The normalized spacial score (nSPS) is 13.7. The summed E-state index contributed by atoms with van der Waals surface area (Å²) in [6.07, 6.45) is 0. The Morgan fingerprint density at radius 3 is 1.18 bits per heavy atom. The van der Waals surface area contributed by atoms with Gasteiger partial charge in [0.25, 0.3) is 0 Å². The van der Waals surface area contributed by atoms with Gasteiger partial charge in [-0.25, -0.2) is 0 Å². The Balaban J connectivity index is 1.18. The van der Waals surface area contributed by atoms with Crippen LogP contribution in [0.5, 0.6) is 0 Å². The lowest BCUT2D eigenvalue weighted by atomic mass is 9.64. The number of nitrogens with zero attached hydrogens (tertiary/aromatic N) is 2. The van der Waals surface area contributed by atoms with Crippen molar-refractivity contribution in [2.45, 2.75) is 39.2 Å². The molecule has 334 valence electrons. The van der Waals surface area contributed by atoms with Crippen molar-refractivity contribution in [3.05, 3.63) is 224 Å². The van der Waals surface area contributed by atoms with E-state index in [4.69, 9.17) is 0 Å². The molecule has 11 aromatic rings. The second-order valence-corrected chi connectivity index (χ2v) is 25.2. The molecule has 0 fully saturated rings. The third-order valence-corrected chi connectivity index (χ3v) is 23.5. The Kier molecular flexibility index (Phi) is 11.2. The van der Waals surface area contributed by atoms with Gasteiger partial charge >= 0.3 is 0 Å². The fourth-order valence-corrected chi connectivity index (χ4v) is 20.1. The molecule has 2 nitrogen and oxygen atoms in total. The van der Waals surface area contributed by atoms with E-state index in [-0.39, 0.29) is 0 Å². The topological polar surface area (TPSA) is 8.17 Å². The third-order valence-electron chi connectivity index (χ3n) is 15.6. The van der Waals surface area contributed by atoms with E-state index >= 15 is 0 Å². The van der Waals surface area contributed by atoms with E-state index in [1.54, 1.807) is 0 Å². The third kappa shape index (κ3) is 6.55. The van der Waals surface area contributed by atoms with E-state index in [2.05, 4.69) is 289 Å². The number of benzene rings is 10. The molecule has 2 heterocycles. The molecule has 0 amide bonds. The lowest BCUT2D eigenvalue weighted by Crippen LogP contribution is -2.48. The number of hydrogen-bond donors (Lipinski definition) is 0. The van der Waals surface area contributed by atoms with Crippen molar-refractivity contribution in [1.29, 1.82) is 0 Å². The molecule has 0 radical (unpaired) electrons. The van der Waals surface area contributed by atoms with Gasteiger partial charge in [-0.15, -0.1) is 25.5 Å². The molecule has 0 aliphatic carbocycles. The van der Waals surface area contributed by atoms with Crippen molar-refractivity contribution in [2.75, 3.05) is 4.90 Å². The zero-order valence-electron chi connectivity index (χ0n) is 41.6. The molecule has 71 heavy (non-hydrogen) atoms. The molecule has 1 aromatic heterocycles. The van der Waals surface area contributed by atoms with Gasteiger partial charge in [-0.3, -0.25) is 0 Å². The minimum Gasteiger partial charge on any atom is -0.310 e. The highest BCUT2D eigenvalue weighted by Gasteiger charge is 2.43. The number of rotatable bonds is 8. The molecule has 10 aromatic carbocycles. The number of hydrogen-bond acceptors (Lipinski definition) is 1. The summed E-state index contributed by atoms with van der Waals surface area (Å²) >= 11 is 0. The maximum Gasteiger partial charge on any atom is 0.142 e. The van der Waals surface area contributed by atoms with E-state index in [0.29, 0.717) is 0 Å². The van der Waals surface area contributed by atoms with E-state index < -0.39 is 20.1 Å². The van der Waals surface area contributed by atoms with Crippen LogP contribution in [-0.4, -0.2) is 59.5 Å². The molecule has 12 rings (SSSR count). The van der Waals surface area contributed by atoms with E-state index in [1.807, 2.05) is 0 Å². The molecule has 0 saturated carbocycles. The van der Waals surface area contributed by atoms with Gasteiger partial charge in [0.1, 0.15) is 54.9 Å². The Morgan fingerprint density at radius 2 is 0.704 bits per heavy atom. The van der Waals surface area contributed by atoms with E-state index in [9.17, 15) is 0 Å². The number of anilines is 3. The maximum absolute atomic E-state index is 2.64. The van der Waals surface area contributed by atoms with Gasteiger partial charge in [0.15, 0.2) is 0 Å². The first kappa shape index (κ1) is 45.1. The minimum absolute atomic E-state index is 1.18. The Morgan fingerprint density at radius 1 is 0.324 bits per heavy atom.